The van der Waals surface area contributed by atoms with Crippen molar-refractivity contribution in [3.63, 3.8) is 0 Å². The lowest BCUT2D eigenvalue weighted by molar-refractivity contribution is -0.130. The monoisotopic (exact) mass is 340 g/mol. The van der Waals surface area contributed by atoms with E-state index < -0.39 is 10.0 Å². The molecule has 128 valence electrons. The third-order valence-electron chi connectivity index (χ3n) is 3.84. The summed E-state index contributed by atoms with van der Waals surface area (Å²) < 4.78 is 30.4. The molecule has 1 unspecified atom stereocenters. The van der Waals surface area contributed by atoms with Crippen LogP contribution in [0.25, 0.3) is 0 Å². The van der Waals surface area contributed by atoms with Gasteiger partial charge in [-0.1, -0.05) is 30.3 Å². The van der Waals surface area contributed by atoms with Gasteiger partial charge in [0, 0.05) is 26.2 Å². The molecule has 23 heavy (non-hydrogen) atoms. The molecular formula is C16H24N2O4S. The molecule has 1 aromatic rings. The van der Waals surface area contributed by atoms with E-state index in [1.165, 1.54) is 10.6 Å². The molecule has 2 rings (SSSR count). The maximum absolute atomic E-state index is 11.9. The van der Waals surface area contributed by atoms with Gasteiger partial charge >= 0.3 is 0 Å². The Morgan fingerprint density at radius 2 is 2.04 bits per heavy atom. The highest BCUT2D eigenvalue weighted by atomic mass is 32.2. The van der Waals surface area contributed by atoms with Crippen molar-refractivity contribution in [2.75, 3.05) is 32.5 Å². The number of hydrogen-bond acceptors (Lipinski definition) is 4. The molecule has 1 aliphatic heterocycles. The van der Waals surface area contributed by atoms with Crippen LogP contribution in [0.5, 0.6) is 0 Å². The van der Waals surface area contributed by atoms with E-state index in [1.54, 1.807) is 0 Å². The number of benzene rings is 1. The average Bonchev–Trinajstić information content (AvgIpc) is 3.04. The van der Waals surface area contributed by atoms with Crippen molar-refractivity contribution in [2.45, 2.75) is 25.4 Å². The van der Waals surface area contributed by atoms with Crippen LogP contribution in [0, 0.1) is 0 Å². The van der Waals surface area contributed by atoms with E-state index >= 15 is 0 Å². The van der Waals surface area contributed by atoms with E-state index in [4.69, 9.17) is 4.74 Å². The number of ether oxygens (including phenoxy) is 1. The second kappa shape index (κ2) is 8.42. The third kappa shape index (κ3) is 5.93. The normalized spacial score (nSPS) is 18.3. The van der Waals surface area contributed by atoms with Gasteiger partial charge in [-0.05, 0) is 24.8 Å². The Morgan fingerprint density at radius 1 is 1.30 bits per heavy atom. The van der Waals surface area contributed by atoms with Gasteiger partial charge < -0.3 is 10.1 Å². The standard InChI is InChI=1S/C16H24N2O4S/c1-23(20,21)18(11-9-14-6-3-2-4-7-14)12-10-17-16(19)15-8-5-13-22-15/h2-4,6-7,15H,5,8-13H2,1H3,(H,17,19). The summed E-state index contributed by atoms with van der Waals surface area (Å²) in [6.45, 7) is 1.58. The van der Waals surface area contributed by atoms with Crippen LogP contribution in [0.2, 0.25) is 0 Å². The first-order valence-corrected chi connectivity index (χ1v) is 9.70. The fourth-order valence-electron chi connectivity index (χ4n) is 2.54. The number of hydrogen-bond donors (Lipinski definition) is 1. The summed E-state index contributed by atoms with van der Waals surface area (Å²) in [5.74, 6) is -0.154. The average molecular weight is 340 g/mol. The molecule has 0 aliphatic carbocycles. The van der Waals surface area contributed by atoms with Gasteiger partial charge in [0.05, 0.1) is 6.26 Å². The number of carbonyl (C=O) groups excluding carboxylic acids is 1. The van der Waals surface area contributed by atoms with Crippen LogP contribution in [0.3, 0.4) is 0 Å². The second-order valence-corrected chi connectivity index (χ2v) is 7.67. The molecule has 0 saturated carbocycles. The first-order chi connectivity index (χ1) is 11.0. The van der Waals surface area contributed by atoms with Crippen LogP contribution < -0.4 is 5.32 Å². The van der Waals surface area contributed by atoms with Crippen molar-refractivity contribution < 1.29 is 17.9 Å². The van der Waals surface area contributed by atoms with E-state index in [2.05, 4.69) is 5.32 Å². The topological polar surface area (TPSA) is 75.7 Å². The van der Waals surface area contributed by atoms with Crippen molar-refractivity contribution in [3.05, 3.63) is 35.9 Å². The lowest BCUT2D eigenvalue weighted by Gasteiger charge is -2.20. The highest BCUT2D eigenvalue weighted by molar-refractivity contribution is 7.88. The van der Waals surface area contributed by atoms with Gasteiger partial charge in [0.25, 0.3) is 0 Å². The Morgan fingerprint density at radius 3 is 2.65 bits per heavy atom. The molecule has 0 spiro atoms. The zero-order valence-electron chi connectivity index (χ0n) is 13.4. The summed E-state index contributed by atoms with van der Waals surface area (Å²) in [5, 5.41) is 2.76. The highest BCUT2D eigenvalue weighted by Crippen LogP contribution is 2.11. The molecule has 1 aromatic carbocycles. The molecular weight excluding hydrogens is 316 g/mol. The molecule has 1 aliphatic rings. The van der Waals surface area contributed by atoms with Crippen molar-refractivity contribution in [1.82, 2.24) is 9.62 Å². The van der Waals surface area contributed by atoms with Gasteiger partial charge in [-0.2, -0.15) is 0 Å². The predicted molar refractivity (Wildman–Crippen MR) is 88.5 cm³/mol. The smallest absolute Gasteiger partial charge is 0.249 e. The Bertz CT molecular complexity index is 598. The predicted octanol–water partition coefficient (Wildman–Crippen LogP) is 0.786. The first-order valence-electron chi connectivity index (χ1n) is 7.85. The van der Waals surface area contributed by atoms with E-state index in [-0.39, 0.29) is 18.6 Å². The minimum Gasteiger partial charge on any atom is -0.368 e. The lowest BCUT2D eigenvalue weighted by atomic mass is 10.1. The van der Waals surface area contributed by atoms with Crippen molar-refractivity contribution in [3.8, 4) is 0 Å². The van der Waals surface area contributed by atoms with Crippen LogP contribution in [0.4, 0.5) is 0 Å². The van der Waals surface area contributed by atoms with Gasteiger partial charge in [-0.15, -0.1) is 0 Å². The largest absolute Gasteiger partial charge is 0.368 e. The summed E-state index contributed by atoms with van der Waals surface area (Å²) >= 11 is 0. The molecule has 0 aromatic heterocycles. The van der Waals surface area contributed by atoms with Crippen LogP contribution in [0.15, 0.2) is 30.3 Å². The number of nitrogens with zero attached hydrogens (tertiary/aromatic N) is 1. The Labute approximate surface area is 137 Å². The van der Waals surface area contributed by atoms with Crippen molar-refractivity contribution in [2.24, 2.45) is 0 Å². The number of carbonyl (C=O) groups is 1. The lowest BCUT2D eigenvalue weighted by Crippen LogP contribution is -2.41. The van der Waals surface area contributed by atoms with E-state index in [0.29, 0.717) is 26.1 Å². The molecule has 1 heterocycles. The molecule has 1 N–H and O–H groups in total. The fourth-order valence-corrected chi connectivity index (χ4v) is 3.39. The Balaban J connectivity index is 1.80. The Kier molecular flexibility index (Phi) is 6.56. The number of amides is 1. The zero-order chi connectivity index (χ0) is 16.7. The maximum Gasteiger partial charge on any atom is 0.249 e. The summed E-state index contributed by atoms with van der Waals surface area (Å²) in [5.41, 5.74) is 1.09. The van der Waals surface area contributed by atoms with Crippen molar-refractivity contribution in [1.29, 1.82) is 0 Å². The minimum absolute atomic E-state index is 0.154. The molecule has 1 saturated heterocycles. The number of rotatable bonds is 8. The maximum atomic E-state index is 11.9. The SMILES string of the molecule is CS(=O)(=O)N(CCNC(=O)C1CCCO1)CCc1ccccc1. The van der Waals surface area contributed by atoms with Gasteiger partial charge in [0.15, 0.2) is 0 Å². The molecule has 1 fully saturated rings. The molecule has 6 nitrogen and oxygen atoms in total. The molecule has 0 radical (unpaired) electrons. The summed E-state index contributed by atoms with van der Waals surface area (Å²) in [6, 6.07) is 9.74. The van der Waals surface area contributed by atoms with Gasteiger partial charge in [-0.3, -0.25) is 4.79 Å². The molecule has 0 bridgehead atoms. The molecule has 7 heteroatoms. The van der Waals surface area contributed by atoms with Crippen LogP contribution in [-0.4, -0.2) is 57.2 Å². The van der Waals surface area contributed by atoms with Crippen LogP contribution >= 0.6 is 0 Å². The van der Waals surface area contributed by atoms with Gasteiger partial charge in [0.2, 0.25) is 15.9 Å². The first kappa shape index (κ1) is 17.9. The number of nitrogens with one attached hydrogen (secondary N) is 1. The van der Waals surface area contributed by atoms with E-state index in [1.807, 2.05) is 30.3 Å². The van der Waals surface area contributed by atoms with E-state index in [9.17, 15) is 13.2 Å². The fraction of sp³-hybridized carbons (Fsp3) is 0.562. The summed E-state index contributed by atoms with van der Waals surface area (Å²) in [6.07, 6.45) is 3.08. The minimum atomic E-state index is -3.30. The second-order valence-electron chi connectivity index (χ2n) is 5.69. The van der Waals surface area contributed by atoms with Crippen molar-refractivity contribution >= 4 is 15.9 Å². The summed E-state index contributed by atoms with van der Waals surface area (Å²) in [7, 11) is -3.30. The molecule has 1 amide bonds. The van der Waals surface area contributed by atoms with Crippen LogP contribution in [-0.2, 0) is 26.0 Å². The zero-order valence-corrected chi connectivity index (χ0v) is 14.2. The summed E-state index contributed by atoms with van der Waals surface area (Å²) in [4.78, 5) is 11.9. The van der Waals surface area contributed by atoms with E-state index in [0.717, 1.165) is 18.4 Å². The third-order valence-corrected chi connectivity index (χ3v) is 5.15. The van der Waals surface area contributed by atoms with Gasteiger partial charge in [-0.25, -0.2) is 12.7 Å². The van der Waals surface area contributed by atoms with Gasteiger partial charge in [0.1, 0.15) is 6.10 Å². The quantitative estimate of drug-likeness (QED) is 0.759. The molecule has 1 atom stereocenters. The highest BCUT2D eigenvalue weighted by Gasteiger charge is 2.23. The van der Waals surface area contributed by atoms with Crippen LogP contribution in [0.1, 0.15) is 18.4 Å². The Hall–Kier alpha value is -1.44. The number of sulfonamides is 1.